The summed E-state index contributed by atoms with van der Waals surface area (Å²) in [5.41, 5.74) is 2.81. The van der Waals surface area contributed by atoms with E-state index < -0.39 is 0 Å². The van der Waals surface area contributed by atoms with Crippen molar-refractivity contribution in [1.29, 1.82) is 0 Å². The molecule has 122 valence electrons. The number of hydrogen-bond acceptors (Lipinski definition) is 3. The van der Waals surface area contributed by atoms with Crippen LogP contribution in [-0.2, 0) is 19.4 Å². The number of rotatable bonds is 3. The summed E-state index contributed by atoms with van der Waals surface area (Å²) in [6, 6.07) is 4.55. The van der Waals surface area contributed by atoms with Crippen LogP contribution in [0.1, 0.15) is 55.6 Å². The SMILES string of the molecule is CCn1ccnc1[C@@H]1CCCN(c2ccc3c(n2)CCCC3)C1. The predicted molar refractivity (Wildman–Crippen MR) is 93.0 cm³/mol. The molecule has 0 radical (unpaired) electrons. The molecule has 0 aromatic carbocycles. The molecule has 1 aliphatic heterocycles. The normalized spacial score (nSPS) is 21.3. The zero-order chi connectivity index (χ0) is 15.6. The van der Waals surface area contributed by atoms with Crippen molar-refractivity contribution in [2.45, 2.75) is 57.9 Å². The maximum absolute atomic E-state index is 4.99. The highest BCUT2D eigenvalue weighted by Crippen LogP contribution is 2.30. The van der Waals surface area contributed by atoms with Gasteiger partial charge in [0.1, 0.15) is 11.6 Å². The van der Waals surface area contributed by atoms with Crippen LogP contribution >= 0.6 is 0 Å². The number of anilines is 1. The Labute approximate surface area is 138 Å². The minimum Gasteiger partial charge on any atom is -0.356 e. The lowest BCUT2D eigenvalue weighted by molar-refractivity contribution is 0.471. The van der Waals surface area contributed by atoms with Gasteiger partial charge in [-0.15, -0.1) is 0 Å². The monoisotopic (exact) mass is 310 g/mol. The summed E-state index contributed by atoms with van der Waals surface area (Å²) in [5.74, 6) is 2.94. The van der Waals surface area contributed by atoms with E-state index in [1.54, 1.807) is 0 Å². The van der Waals surface area contributed by atoms with Gasteiger partial charge in [0, 0.05) is 43.6 Å². The Morgan fingerprint density at radius 1 is 1.17 bits per heavy atom. The van der Waals surface area contributed by atoms with Crippen molar-refractivity contribution in [2.75, 3.05) is 18.0 Å². The van der Waals surface area contributed by atoms with Crippen molar-refractivity contribution in [3.8, 4) is 0 Å². The Bertz CT molecular complexity index is 676. The molecule has 2 aliphatic rings. The molecule has 0 bridgehead atoms. The highest BCUT2D eigenvalue weighted by atomic mass is 15.2. The number of aromatic nitrogens is 3. The van der Waals surface area contributed by atoms with Crippen LogP contribution in [0.25, 0.3) is 0 Å². The summed E-state index contributed by atoms with van der Waals surface area (Å²) >= 11 is 0. The highest BCUT2D eigenvalue weighted by molar-refractivity contribution is 5.43. The van der Waals surface area contributed by atoms with Crippen molar-refractivity contribution in [3.05, 3.63) is 41.6 Å². The Morgan fingerprint density at radius 3 is 3.00 bits per heavy atom. The molecule has 0 saturated carbocycles. The van der Waals surface area contributed by atoms with Crippen LogP contribution < -0.4 is 4.90 Å². The summed E-state index contributed by atoms with van der Waals surface area (Å²) in [7, 11) is 0. The minimum absolute atomic E-state index is 0.525. The standard InChI is InChI=1S/C19H26N4/c1-2-22-13-11-20-19(22)16-7-5-12-23(14-16)18-10-9-15-6-3-4-8-17(15)21-18/h9-11,13,16H,2-8,12,14H2,1H3/t16-/m1/s1. The lowest BCUT2D eigenvalue weighted by atomic mass is 9.95. The smallest absolute Gasteiger partial charge is 0.128 e. The third kappa shape index (κ3) is 2.87. The number of pyridine rings is 1. The first-order valence-corrected chi connectivity index (χ1v) is 9.10. The maximum Gasteiger partial charge on any atom is 0.128 e. The molecule has 0 N–H and O–H groups in total. The van der Waals surface area contributed by atoms with Crippen LogP contribution in [0, 0.1) is 0 Å². The molecule has 0 amide bonds. The number of fused-ring (bicyclic) bond motifs is 1. The fraction of sp³-hybridized carbons (Fsp3) is 0.579. The van der Waals surface area contributed by atoms with E-state index in [-0.39, 0.29) is 0 Å². The highest BCUT2D eigenvalue weighted by Gasteiger charge is 2.25. The first-order chi connectivity index (χ1) is 11.3. The van der Waals surface area contributed by atoms with Gasteiger partial charge < -0.3 is 9.47 Å². The molecule has 1 atom stereocenters. The van der Waals surface area contributed by atoms with Crippen molar-refractivity contribution < 1.29 is 0 Å². The van der Waals surface area contributed by atoms with E-state index in [0.717, 1.165) is 26.1 Å². The summed E-state index contributed by atoms with van der Waals surface area (Å²) in [6.07, 6.45) is 11.5. The van der Waals surface area contributed by atoms with E-state index >= 15 is 0 Å². The van der Waals surface area contributed by atoms with Gasteiger partial charge in [-0.1, -0.05) is 6.07 Å². The molecule has 4 heteroatoms. The molecule has 1 saturated heterocycles. The fourth-order valence-corrected chi connectivity index (χ4v) is 4.09. The van der Waals surface area contributed by atoms with E-state index in [1.807, 2.05) is 6.20 Å². The molecule has 0 unspecified atom stereocenters. The van der Waals surface area contributed by atoms with Crippen LogP contribution in [0.3, 0.4) is 0 Å². The van der Waals surface area contributed by atoms with E-state index in [0.29, 0.717) is 5.92 Å². The van der Waals surface area contributed by atoms with Gasteiger partial charge in [-0.25, -0.2) is 9.97 Å². The number of hydrogen-bond donors (Lipinski definition) is 0. The second-order valence-corrected chi connectivity index (χ2v) is 6.84. The summed E-state index contributed by atoms with van der Waals surface area (Å²) in [5, 5.41) is 0. The van der Waals surface area contributed by atoms with E-state index in [4.69, 9.17) is 4.98 Å². The number of piperidine rings is 1. The number of imidazole rings is 1. The first kappa shape index (κ1) is 14.7. The number of nitrogens with zero attached hydrogens (tertiary/aromatic N) is 4. The Morgan fingerprint density at radius 2 is 2.09 bits per heavy atom. The van der Waals surface area contributed by atoms with Gasteiger partial charge in [0.15, 0.2) is 0 Å². The van der Waals surface area contributed by atoms with E-state index in [1.165, 1.54) is 55.0 Å². The zero-order valence-electron chi connectivity index (χ0n) is 14.0. The van der Waals surface area contributed by atoms with Gasteiger partial charge in [-0.05, 0) is 57.1 Å². The van der Waals surface area contributed by atoms with Crippen molar-refractivity contribution >= 4 is 5.82 Å². The molecule has 2 aromatic heterocycles. The average molecular weight is 310 g/mol. The summed E-state index contributed by atoms with van der Waals surface area (Å²) in [6.45, 7) is 5.36. The summed E-state index contributed by atoms with van der Waals surface area (Å²) < 4.78 is 2.29. The molecule has 4 rings (SSSR count). The lowest BCUT2D eigenvalue weighted by Crippen LogP contribution is -2.36. The Hall–Kier alpha value is -1.84. The first-order valence-electron chi connectivity index (χ1n) is 9.10. The third-order valence-electron chi connectivity index (χ3n) is 5.36. The molecular formula is C19H26N4. The van der Waals surface area contributed by atoms with Crippen LogP contribution in [-0.4, -0.2) is 27.6 Å². The summed E-state index contributed by atoms with van der Waals surface area (Å²) in [4.78, 5) is 12.1. The molecule has 23 heavy (non-hydrogen) atoms. The second-order valence-electron chi connectivity index (χ2n) is 6.84. The average Bonchev–Trinajstić information content (AvgIpc) is 3.10. The molecule has 2 aromatic rings. The predicted octanol–water partition coefficient (Wildman–Crippen LogP) is 3.56. The molecule has 3 heterocycles. The maximum atomic E-state index is 4.99. The second kappa shape index (κ2) is 6.34. The fourth-order valence-electron chi connectivity index (χ4n) is 4.09. The van der Waals surface area contributed by atoms with Crippen LogP contribution in [0.5, 0.6) is 0 Å². The van der Waals surface area contributed by atoms with E-state index in [9.17, 15) is 0 Å². The molecule has 4 nitrogen and oxygen atoms in total. The van der Waals surface area contributed by atoms with E-state index in [2.05, 4.69) is 39.7 Å². The molecular weight excluding hydrogens is 284 g/mol. The molecule has 0 spiro atoms. The van der Waals surface area contributed by atoms with Crippen LogP contribution in [0.4, 0.5) is 5.82 Å². The number of aryl methyl sites for hydroxylation is 3. The molecule has 1 aliphatic carbocycles. The Kier molecular flexibility index (Phi) is 4.06. The van der Waals surface area contributed by atoms with Gasteiger partial charge in [0.25, 0.3) is 0 Å². The zero-order valence-corrected chi connectivity index (χ0v) is 14.0. The largest absolute Gasteiger partial charge is 0.356 e. The topological polar surface area (TPSA) is 34.0 Å². The van der Waals surface area contributed by atoms with Gasteiger partial charge in [-0.2, -0.15) is 0 Å². The minimum atomic E-state index is 0.525. The van der Waals surface area contributed by atoms with Crippen molar-refractivity contribution in [1.82, 2.24) is 14.5 Å². The van der Waals surface area contributed by atoms with Gasteiger partial charge in [0.2, 0.25) is 0 Å². The van der Waals surface area contributed by atoms with Crippen LogP contribution in [0.2, 0.25) is 0 Å². The lowest BCUT2D eigenvalue weighted by Gasteiger charge is -2.34. The Balaban J connectivity index is 1.55. The third-order valence-corrected chi connectivity index (χ3v) is 5.36. The van der Waals surface area contributed by atoms with Gasteiger partial charge in [-0.3, -0.25) is 0 Å². The van der Waals surface area contributed by atoms with Crippen molar-refractivity contribution in [2.24, 2.45) is 0 Å². The molecule has 1 fully saturated rings. The van der Waals surface area contributed by atoms with Gasteiger partial charge >= 0.3 is 0 Å². The van der Waals surface area contributed by atoms with Crippen LogP contribution in [0.15, 0.2) is 24.5 Å². The van der Waals surface area contributed by atoms with Crippen molar-refractivity contribution in [3.63, 3.8) is 0 Å². The van der Waals surface area contributed by atoms with Gasteiger partial charge in [0.05, 0.1) is 0 Å². The quantitative estimate of drug-likeness (QED) is 0.869.